The third kappa shape index (κ3) is 4.81. The fraction of sp³-hybridized carbons (Fsp3) is 0.480. The van der Waals surface area contributed by atoms with Gasteiger partial charge in [0, 0.05) is 30.2 Å². The van der Waals surface area contributed by atoms with Crippen molar-refractivity contribution in [2.75, 3.05) is 33.2 Å². The molecule has 0 aromatic heterocycles. The van der Waals surface area contributed by atoms with Gasteiger partial charge in [0.25, 0.3) is 5.91 Å². The van der Waals surface area contributed by atoms with Gasteiger partial charge >= 0.3 is 0 Å². The topological polar surface area (TPSA) is 66.0 Å². The molecule has 6 nitrogen and oxygen atoms in total. The van der Waals surface area contributed by atoms with Crippen LogP contribution in [0.3, 0.4) is 0 Å². The highest BCUT2D eigenvalue weighted by Crippen LogP contribution is 2.40. The molecule has 0 spiro atoms. The van der Waals surface area contributed by atoms with Gasteiger partial charge in [-0.15, -0.1) is 0 Å². The second-order valence-corrected chi connectivity index (χ2v) is 9.23. The van der Waals surface area contributed by atoms with Crippen LogP contribution in [0.5, 0.6) is 17.2 Å². The maximum absolute atomic E-state index is 12.7. The van der Waals surface area contributed by atoms with Gasteiger partial charge in [-0.1, -0.05) is 31.5 Å². The number of amides is 1. The van der Waals surface area contributed by atoms with E-state index in [0.717, 1.165) is 41.0 Å². The predicted molar refractivity (Wildman–Crippen MR) is 123 cm³/mol. The molecule has 2 heterocycles. The average Bonchev–Trinajstić information content (AvgIpc) is 3.26. The molecule has 32 heavy (non-hydrogen) atoms. The van der Waals surface area contributed by atoms with Crippen molar-refractivity contribution in [1.82, 2.24) is 5.32 Å². The SMILES string of the molecule is Cc1cc(OCC(=O)NCC2(c3ccc4c(c3)OCO4)CCOCC2)c(C(C)C)cc1Cl. The van der Waals surface area contributed by atoms with Crippen molar-refractivity contribution in [1.29, 1.82) is 0 Å². The van der Waals surface area contributed by atoms with Crippen LogP contribution in [0.2, 0.25) is 5.02 Å². The second-order valence-electron chi connectivity index (χ2n) is 8.82. The maximum Gasteiger partial charge on any atom is 0.257 e. The molecule has 2 aliphatic heterocycles. The summed E-state index contributed by atoms with van der Waals surface area (Å²) in [5, 5.41) is 3.79. The summed E-state index contributed by atoms with van der Waals surface area (Å²) in [6, 6.07) is 9.85. The van der Waals surface area contributed by atoms with Crippen molar-refractivity contribution in [3.8, 4) is 17.2 Å². The number of nitrogens with one attached hydrogen (secondary N) is 1. The Bertz CT molecular complexity index is 985. The van der Waals surface area contributed by atoms with Crippen molar-refractivity contribution in [3.05, 3.63) is 52.0 Å². The molecule has 1 amide bonds. The molecule has 1 N–H and O–H groups in total. The van der Waals surface area contributed by atoms with Gasteiger partial charge in [-0.25, -0.2) is 0 Å². The average molecular weight is 460 g/mol. The highest BCUT2D eigenvalue weighted by Gasteiger charge is 2.36. The molecule has 0 aliphatic carbocycles. The summed E-state index contributed by atoms with van der Waals surface area (Å²) >= 11 is 6.28. The van der Waals surface area contributed by atoms with Crippen LogP contribution in [0.1, 0.15) is 49.3 Å². The smallest absolute Gasteiger partial charge is 0.257 e. The molecule has 1 saturated heterocycles. The zero-order valence-corrected chi connectivity index (χ0v) is 19.6. The largest absolute Gasteiger partial charge is 0.483 e. The minimum Gasteiger partial charge on any atom is -0.483 e. The Morgan fingerprint density at radius 3 is 2.66 bits per heavy atom. The Hall–Kier alpha value is -2.44. The normalized spacial score (nSPS) is 16.8. The quantitative estimate of drug-likeness (QED) is 0.647. The minimum absolute atomic E-state index is 0.0471. The standard InChI is InChI=1S/C25H30ClNO5/c1-16(2)19-12-20(26)17(3)10-22(19)30-13-24(28)27-14-25(6-8-29-9-7-25)18-4-5-21-23(11-18)32-15-31-21/h4-5,10-12,16H,6-9,13-15H2,1-3H3,(H,27,28). The first kappa shape index (κ1) is 22.7. The van der Waals surface area contributed by atoms with Gasteiger partial charge < -0.3 is 24.3 Å². The lowest BCUT2D eigenvalue weighted by Crippen LogP contribution is -2.45. The van der Waals surface area contributed by atoms with Crippen molar-refractivity contribution in [2.45, 2.75) is 44.9 Å². The van der Waals surface area contributed by atoms with E-state index in [-0.39, 0.29) is 30.6 Å². The van der Waals surface area contributed by atoms with Crippen LogP contribution in [0.15, 0.2) is 30.3 Å². The Morgan fingerprint density at radius 2 is 1.91 bits per heavy atom. The molecule has 4 rings (SSSR count). The van der Waals surface area contributed by atoms with E-state index in [1.165, 1.54) is 0 Å². The number of carbonyl (C=O) groups is 1. The van der Waals surface area contributed by atoms with Gasteiger partial charge in [0.2, 0.25) is 6.79 Å². The Morgan fingerprint density at radius 1 is 1.16 bits per heavy atom. The molecular formula is C25H30ClNO5. The summed E-state index contributed by atoms with van der Waals surface area (Å²) in [5.74, 6) is 2.30. The first-order chi connectivity index (χ1) is 15.4. The summed E-state index contributed by atoms with van der Waals surface area (Å²) in [6.07, 6.45) is 1.64. The predicted octanol–water partition coefficient (Wildman–Crippen LogP) is 4.74. The number of fused-ring (bicyclic) bond motifs is 1. The minimum atomic E-state index is -0.213. The van der Waals surface area contributed by atoms with Gasteiger partial charge in [0.15, 0.2) is 18.1 Å². The highest BCUT2D eigenvalue weighted by atomic mass is 35.5. The second kappa shape index (κ2) is 9.59. The van der Waals surface area contributed by atoms with Gasteiger partial charge in [-0.2, -0.15) is 0 Å². The summed E-state index contributed by atoms with van der Waals surface area (Å²) in [5.41, 5.74) is 2.83. The molecule has 0 radical (unpaired) electrons. The highest BCUT2D eigenvalue weighted by molar-refractivity contribution is 6.31. The van der Waals surface area contributed by atoms with Crippen molar-refractivity contribution in [2.24, 2.45) is 0 Å². The molecule has 2 aromatic rings. The van der Waals surface area contributed by atoms with Crippen molar-refractivity contribution in [3.63, 3.8) is 0 Å². The number of halogens is 1. The number of aryl methyl sites for hydroxylation is 1. The van der Waals surface area contributed by atoms with E-state index in [1.54, 1.807) is 0 Å². The Balaban J connectivity index is 1.43. The number of hydrogen-bond acceptors (Lipinski definition) is 5. The van der Waals surface area contributed by atoms with Crippen molar-refractivity contribution < 1.29 is 23.7 Å². The van der Waals surface area contributed by atoms with E-state index in [4.69, 9.17) is 30.5 Å². The molecule has 0 saturated carbocycles. The number of benzene rings is 2. The third-order valence-electron chi connectivity index (χ3n) is 6.33. The summed E-state index contributed by atoms with van der Waals surface area (Å²) in [4.78, 5) is 12.7. The van der Waals surface area contributed by atoms with E-state index in [1.807, 2.05) is 31.2 Å². The third-order valence-corrected chi connectivity index (χ3v) is 6.74. The number of ether oxygens (including phenoxy) is 4. The van der Waals surface area contributed by atoms with E-state index in [2.05, 4.69) is 25.2 Å². The zero-order valence-electron chi connectivity index (χ0n) is 18.8. The monoisotopic (exact) mass is 459 g/mol. The van der Waals surface area contributed by atoms with E-state index >= 15 is 0 Å². The Labute approximate surface area is 194 Å². The summed E-state index contributed by atoms with van der Waals surface area (Å²) < 4.78 is 22.5. The van der Waals surface area contributed by atoms with Crippen LogP contribution < -0.4 is 19.5 Å². The fourth-order valence-electron chi connectivity index (χ4n) is 4.26. The molecule has 0 atom stereocenters. The van der Waals surface area contributed by atoms with E-state index < -0.39 is 0 Å². The van der Waals surface area contributed by atoms with Crippen LogP contribution in [0, 0.1) is 6.92 Å². The van der Waals surface area contributed by atoms with Crippen LogP contribution in [-0.2, 0) is 14.9 Å². The molecule has 0 bridgehead atoms. The van der Waals surface area contributed by atoms with Crippen LogP contribution in [-0.4, -0.2) is 39.1 Å². The molecule has 7 heteroatoms. The molecule has 0 unspecified atom stereocenters. The van der Waals surface area contributed by atoms with E-state index in [9.17, 15) is 4.79 Å². The molecule has 1 fully saturated rings. The van der Waals surface area contributed by atoms with Gasteiger partial charge in [-0.05, 0) is 66.6 Å². The first-order valence-electron chi connectivity index (χ1n) is 11.1. The summed E-state index contributed by atoms with van der Waals surface area (Å²) in [7, 11) is 0. The number of rotatable bonds is 7. The molecule has 2 aliphatic rings. The molecule has 172 valence electrons. The molecular weight excluding hydrogens is 430 g/mol. The zero-order chi connectivity index (χ0) is 22.7. The van der Waals surface area contributed by atoms with E-state index in [0.29, 0.717) is 30.5 Å². The van der Waals surface area contributed by atoms with Gasteiger partial charge in [0.05, 0.1) is 0 Å². The molecule has 2 aromatic carbocycles. The fourth-order valence-corrected chi connectivity index (χ4v) is 4.44. The number of carbonyl (C=O) groups excluding carboxylic acids is 1. The van der Waals surface area contributed by atoms with Crippen LogP contribution in [0.4, 0.5) is 0 Å². The first-order valence-corrected chi connectivity index (χ1v) is 11.4. The lowest BCUT2D eigenvalue weighted by atomic mass is 9.74. The van der Waals surface area contributed by atoms with Gasteiger partial charge in [-0.3, -0.25) is 4.79 Å². The Kier molecular flexibility index (Phi) is 6.82. The lowest BCUT2D eigenvalue weighted by molar-refractivity contribution is -0.123. The van der Waals surface area contributed by atoms with Crippen LogP contribution >= 0.6 is 11.6 Å². The van der Waals surface area contributed by atoms with Gasteiger partial charge in [0.1, 0.15) is 5.75 Å². The maximum atomic E-state index is 12.7. The summed E-state index contributed by atoms with van der Waals surface area (Å²) in [6.45, 7) is 8.10. The van der Waals surface area contributed by atoms with Crippen molar-refractivity contribution >= 4 is 17.5 Å². The lowest BCUT2D eigenvalue weighted by Gasteiger charge is -2.38. The number of hydrogen-bond donors (Lipinski definition) is 1. The van der Waals surface area contributed by atoms with Crippen LogP contribution in [0.25, 0.3) is 0 Å².